The molecular weight excluding hydrogens is 688 g/mol. The average Bonchev–Trinajstić information content (AvgIpc) is 3.55. The number of anilines is 2. The van der Waals surface area contributed by atoms with Crippen LogP contribution in [-0.4, -0.2) is 88.2 Å². The van der Waals surface area contributed by atoms with Crippen LogP contribution in [0.4, 0.5) is 11.4 Å². The molecule has 0 bridgehead atoms. The first-order valence-electron chi connectivity index (χ1n) is 17.7. The summed E-state index contributed by atoms with van der Waals surface area (Å²) in [6, 6.07) is 20.9. The van der Waals surface area contributed by atoms with E-state index < -0.39 is 10.0 Å². The molecule has 268 valence electrons. The fraction of sp³-hybridized carbons (Fsp3) is 0.447. The number of amides is 1. The second-order valence-electron chi connectivity index (χ2n) is 13.7. The lowest BCUT2D eigenvalue weighted by Crippen LogP contribution is -2.39. The molecule has 3 aliphatic rings. The van der Waals surface area contributed by atoms with Crippen LogP contribution in [0.25, 0.3) is 10.9 Å². The van der Waals surface area contributed by atoms with E-state index >= 15 is 0 Å². The lowest BCUT2D eigenvalue weighted by atomic mass is 9.89. The zero-order valence-corrected chi connectivity index (χ0v) is 31.4. The van der Waals surface area contributed by atoms with Crippen molar-refractivity contribution in [1.29, 1.82) is 0 Å². The number of hydrogen-bond acceptors (Lipinski definition) is 7. The van der Waals surface area contributed by atoms with Crippen molar-refractivity contribution in [3.05, 3.63) is 83.0 Å². The van der Waals surface area contributed by atoms with Gasteiger partial charge in [-0.2, -0.15) is 0 Å². The Morgan fingerprint density at radius 3 is 2.44 bits per heavy atom. The SMILES string of the molecule is CNS(=O)(=O)CCc1ccc2[nH]cc(C3CCN(C)CC3)c2c1.NC(=O)C1CCN(CCCN2c3ccccc3Sc3ccc(Cl)cc32)CC1. The van der Waals surface area contributed by atoms with Crippen LogP contribution >= 0.6 is 23.4 Å². The second-order valence-corrected chi connectivity index (χ2v) is 17.2. The zero-order valence-electron chi connectivity index (χ0n) is 29.0. The normalized spacial score (nSPS) is 17.6. The number of para-hydroxylation sites is 1. The molecule has 50 heavy (non-hydrogen) atoms. The van der Waals surface area contributed by atoms with Gasteiger partial charge < -0.3 is 25.4 Å². The number of rotatable bonds is 10. The molecule has 2 saturated heterocycles. The largest absolute Gasteiger partial charge is 0.369 e. The fourth-order valence-electron chi connectivity index (χ4n) is 7.29. The van der Waals surface area contributed by atoms with E-state index in [0.717, 1.165) is 74.6 Å². The highest BCUT2D eigenvalue weighted by Gasteiger charge is 2.26. The third kappa shape index (κ3) is 9.05. The summed E-state index contributed by atoms with van der Waals surface area (Å²) in [4.78, 5) is 24.4. The summed E-state index contributed by atoms with van der Waals surface area (Å²) in [6.07, 6.45) is 7.87. The maximum Gasteiger partial charge on any atom is 0.220 e. The first-order chi connectivity index (χ1) is 24.1. The van der Waals surface area contributed by atoms with Gasteiger partial charge in [0.05, 0.1) is 17.1 Å². The van der Waals surface area contributed by atoms with Crippen LogP contribution in [0.15, 0.2) is 76.7 Å². The summed E-state index contributed by atoms with van der Waals surface area (Å²) in [5.41, 5.74) is 11.5. The molecule has 0 atom stereocenters. The number of nitrogens with zero attached hydrogens (tertiary/aromatic N) is 3. The second kappa shape index (κ2) is 16.5. The van der Waals surface area contributed by atoms with E-state index in [1.165, 1.54) is 52.0 Å². The van der Waals surface area contributed by atoms with Gasteiger partial charge in [-0.05, 0) is 145 Å². The third-order valence-electron chi connectivity index (χ3n) is 10.3. The van der Waals surface area contributed by atoms with Gasteiger partial charge >= 0.3 is 0 Å². The number of fused-ring (bicyclic) bond motifs is 3. The van der Waals surface area contributed by atoms with E-state index in [-0.39, 0.29) is 17.6 Å². The standard InChI is InChI=1S/C21H24ClN3OS.C17H25N3O2S/c22-16-6-7-20-18(14-16)25(17-4-1-2-5-19(17)27-20)11-3-10-24-12-8-15(9-13-24)21(23)26;1-18-23(21,22)10-7-13-3-4-17-15(11-13)16(12-19-17)14-5-8-20(2)9-6-14/h1-2,4-7,14-15H,3,8-13H2,(H2,23,26);3-4,11-12,14,18-19H,5-10H2,1-2H3. The predicted molar refractivity (Wildman–Crippen MR) is 206 cm³/mol. The van der Waals surface area contributed by atoms with Gasteiger partial charge in [0.2, 0.25) is 15.9 Å². The van der Waals surface area contributed by atoms with Crippen LogP contribution in [0.3, 0.4) is 0 Å². The van der Waals surface area contributed by atoms with Crippen molar-refractivity contribution in [2.45, 2.75) is 54.2 Å². The number of benzene rings is 3. The van der Waals surface area contributed by atoms with Crippen molar-refractivity contribution in [3.63, 3.8) is 0 Å². The number of aromatic nitrogens is 1. The third-order valence-corrected chi connectivity index (χ3v) is 13.1. The maximum atomic E-state index is 11.6. The number of carbonyl (C=O) groups excluding carboxylic acids is 1. The molecule has 0 unspecified atom stereocenters. The van der Waals surface area contributed by atoms with Gasteiger partial charge in [-0.3, -0.25) is 4.79 Å². The van der Waals surface area contributed by atoms with Crippen molar-refractivity contribution < 1.29 is 13.2 Å². The number of H-pyrrole nitrogens is 1. The molecule has 4 aromatic rings. The van der Waals surface area contributed by atoms with Crippen molar-refractivity contribution in [2.75, 3.05) is 64.0 Å². The number of aromatic amines is 1. The van der Waals surface area contributed by atoms with Gasteiger partial charge in [-0.25, -0.2) is 13.1 Å². The highest BCUT2D eigenvalue weighted by molar-refractivity contribution is 7.99. The van der Waals surface area contributed by atoms with Crippen LogP contribution < -0.4 is 15.4 Å². The summed E-state index contributed by atoms with van der Waals surface area (Å²) in [6.45, 7) is 6.17. The molecule has 0 radical (unpaired) electrons. The van der Waals surface area contributed by atoms with Gasteiger partial charge in [0.25, 0.3) is 0 Å². The van der Waals surface area contributed by atoms with Crippen LogP contribution in [0.2, 0.25) is 5.02 Å². The Hall–Kier alpha value is -3.06. The molecule has 9 nitrogen and oxygen atoms in total. The Morgan fingerprint density at radius 2 is 1.70 bits per heavy atom. The predicted octanol–water partition coefficient (Wildman–Crippen LogP) is 6.60. The van der Waals surface area contributed by atoms with E-state index in [1.54, 1.807) is 11.8 Å². The maximum absolute atomic E-state index is 11.6. The fourth-order valence-corrected chi connectivity index (χ4v) is 9.24. The molecule has 4 N–H and O–H groups in total. The number of aryl methyl sites for hydroxylation is 1. The molecule has 3 aromatic carbocycles. The van der Waals surface area contributed by atoms with E-state index in [2.05, 4.69) is 86.2 Å². The van der Waals surface area contributed by atoms with Crippen molar-refractivity contribution >= 4 is 61.6 Å². The monoisotopic (exact) mass is 736 g/mol. The molecule has 3 aliphatic heterocycles. The van der Waals surface area contributed by atoms with E-state index in [1.807, 2.05) is 12.1 Å². The highest BCUT2D eigenvalue weighted by atomic mass is 35.5. The summed E-state index contributed by atoms with van der Waals surface area (Å²) in [5, 5.41) is 2.02. The van der Waals surface area contributed by atoms with E-state index in [0.29, 0.717) is 12.3 Å². The molecule has 4 heterocycles. The van der Waals surface area contributed by atoms with Crippen LogP contribution in [0, 0.1) is 5.92 Å². The Balaban J connectivity index is 0.000000175. The Labute approximate surface area is 306 Å². The van der Waals surface area contributed by atoms with Gasteiger partial charge in [0.1, 0.15) is 0 Å². The molecule has 7 rings (SSSR count). The number of sulfonamides is 1. The lowest BCUT2D eigenvalue weighted by Gasteiger charge is -2.34. The summed E-state index contributed by atoms with van der Waals surface area (Å²) < 4.78 is 25.6. The molecule has 0 saturated carbocycles. The Bertz CT molecular complexity index is 1880. The number of nitrogens with one attached hydrogen (secondary N) is 2. The minimum Gasteiger partial charge on any atom is -0.369 e. The van der Waals surface area contributed by atoms with Gasteiger partial charge in [0, 0.05) is 44.4 Å². The smallest absolute Gasteiger partial charge is 0.220 e. The first kappa shape index (κ1) is 36.7. The van der Waals surface area contributed by atoms with Crippen molar-refractivity contribution in [3.8, 4) is 0 Å². The Morgan fingerprint density at radius 1 is 0.960 bits per heavy atom. The number of piperidine rings is 2. The summed E-state index contributed by atoms with van der Waals surface area (Å²) in [7, 11) is 0.476. The van der Waals surface area contributed by atoms with Crippen LogP contribution in [-0.2, 0) is 21.2 Å². The summed E-state index contributed by atoms with van der Waals surface area (Å²) in [5.74, 6) is 0.631. The average molecular weight is 737 g/mol. The van der Waals surface area contributed by atoms with Crippen LogP contribution in [0.5, 0.6) is 0 Å². The topological polar surface area (TPSA) is 115 Å². The quantitative estimate of drug-likeness (QED) is 0.168. The first-order valence-corrected chi connectivity index (χ1v) is 20.5. The van der Waals surface area contributed by atoms with Gasteiger partial charge in [0.15, 0.2) is 0 Å². The van der Waals surface area contributed by atoms with E-state index in [9.17, 15) is 13.2 Å². The van der Waals surface area contributed by atoms with E-state index in [4.69, 9.17) is 17.3 Å². The molecule has 12 heteroatoms. The number of carbonyl (C=O) groups is 1. The summed E-state index contributed by atoms with van der Waals surface area (Å²) >= 11 is 8.09. The molecule has 1 aromatic heterocycles. The zero-order chi connectivity index (χ0) is 35.3. The van der Waals surface area contributed by atoms with Crippen molar-refractivity contribution in [2.24, 2.45) is 11.7 Å². The molecule has 0 aliphatic carbocycles. The number of primary amides is 1. The van der Waals surface area contributed by atoms with Crippen LogP contribution in [0.1, 0.15) is 49.1 Å². The molecule has 1 amide bonds. The number of halogens is 1. The minimum absolute atomic E-state index is 0.0567. The van der Waals surface area contributed by atoms with Gasteiger partial charge in [-0.1, -0.05) is 41.6 Å². The number of likely N-dealkylation sites (tertiary alicyclic amines) is 2. The van der Waals surface area contributed by atoms with Crippen molar-refractivity contribution in [1.82, 2.24) is 19.5 Å². The molecular formula is C38H49ClN6O3S2. The molecule has 0 spiro atoms. The number of nitrogens with two attached hydrogens (primary N) is 1. The number of hydrogen-bond donors (Lipinski definition) is 3. The minimum atomic E-state index is -3.16. The molecule has 2 fully saturated rings. The highest BCUT2D eigenvalue weighted by Crippen LogP contribution is 2.48. The Kier molecular flexibility index (Phi) is 12.1. The lowest BCUT2D eigenvalue weighted by molar-refractivity contribution is -0.123. The van der Waals surface area contributed by atoms with Gasteiger partial charge in [-0.15, -0.1) is 0 Å².